The molecule has 0 saturated carbocycles. The van der Waals surface area contributed by atoms with Crippen LogP contribution in [0.1, 0.15) is 0 Å². The predicted molar refractivity (Wildman–Crippen MR) is 93.7 cm³/mol. The zero-order chi connectivity index (χ0) is 18.2. The Morgan fingerprint density at radius 3 is 1.38 bits per heavy atom. The number of hydrogen-bond acceptors (Lipinski definition) is 8. The highest BCUT2D eigenvalue weighted by Crippen LogP contribution is 2.29. The summed E-state index contributed by atoms with van der Waals surface area (Å²) in [6.45, 7) is 0.168. The molecule has 0 bridgehead atoms. The highest BCUT2D eigenvalue weighted by Gasteiger charge is 2.13. The van der Waals surface area contributed by atoms with E-state index >= 15 is 0 Å². The normalized spacial score (nSPS) is 10.5. The monoisotopic (exact) mass is 354 g/mol. The third-order valence-electron chi connectivity index (χ3n) is 3.43. The van der Waals surface area contributed by atoms with Crippen LogP contribution in [0.25, 0.3) is 22.8 Å². The number of para-hydroxylation sites is 2. The second-order valence-corrected chi connectivity index (χ2v) is 5.18. The fourth-order valence-corrected chi connectivity index (χ4v) is 2.31. The van der Waals surface area contributed by atoms with Gasteiger partial charge in [-0.15, -0.1) is 20.4 Å². The van der Waals surface area contributed by atoms with E-state index in [1.807, 2.05) is 24.3 Å². The molecule has 0 saturated heterocycles. The van der Waals surface area contributed by atoms with Crippen LogP contribution >= 0.6 is 0 Å². The molecule has 0 aliphatic rings. The lowest BCUT2D eigenvalue weighted by molar-refractivity contribution is 0.201. The van der Waals surface area contributed by atoms with Crippen LogP contribution in [-0.4, -0.2) is 57.0 Å². The van der Waals surface area contributed by atoms with Crippen molar-refractivity contribution in [3.63, 3.8) is 0 Å². The van der Waals surface area contributed by atoms with E-state index in [1.165, 1.54) is 0 Å². The Hall–Kier alpha value is -3.10. The Kier molecular flexibility index (Phi) is 6.02. The van der Waals surface area contributed by atoms with Gasteiger partial charge in [0.15, 0.2) is 0 Å². The van der Waals surface area contributed by atoms with E-state index in [0.29, 0.717) is 34.3 Å². The minimum Gasteiger partial charge on any atom is -0.490 e. The van der Waals surface area contributed by atoms with Crippen LogP contribution in [-0.2, 0) is 0 Å². The van der Waals surface area contributed by atoms with Gasteiger partial charge in [-0.05, 0) is 24.3 Å². The summed E-state index contributed by atoms with van der Waals surface area (Å²) in [7, 11) is 0. The van der Waals surface area contributed by atoms with Crippen LogP contribution in [0.2, 0.25) is 0 Å². The van der Waals surface area contributed by atoms with Crippen LogP contribution in [0.3, 0.4) is 0 Å². The van der Waals surface area contributed by atoms with Crippen LogP contribution in [0.15, 0.2) is 48.5 Å². The van der Waals surface area contributed by atoms with Gasteiger partial charge in [0.05, 0.1) is 24.3 Å². The third kappa shape index (κ3) is 4.11. The van der Waals surface area contributed by atoms with Crippen molar-refractivity contribution in [2.24, 2.45) is 0 Å². The molecule has 0 aliphatic carbocycles. The van der Waals surface area contributed by atoms with Crippen molar-refractivity contribution in [2.75, 3.05) is 26.4 Å². The van der Waals surface area contributed by atoms with E-state index in [2.05, 4.69) is 20.4 Å². The minimum atomic E-state index is -0.0880. The van der Waals surface area contributed by atoms with Crippen molar-refractivity contribution < 1.29 is 19.7 Å². The summed E-state index contributed by atoms with van der Waals surface area (Å²) in [5.41, 5.74) is 1.27. The van der Waals surface area contributed by atoms with Gasteiger partial charge < -0.3 is 19.7 Å². The molecule has 3 rings (SSSR count). The van der Waals surface area contributed by atoms with E-state index in [1.54, 1.807) is 24.3 Å². The molecule has 1 aromatic heterocycles. The molecule has 0 unspecified atom stereocenters. The van der Waals surface area contributed by atoms with Gasteiger partial charge in [0, 0.05) is 0 Å². The topological polar surface area (TPSA) is 110 Å². The zero-order valence-corrected chi connectivity index (χ0v) is 13.9. The van der Waals surface area contributed by atoms with Gasteiger partial charge in [0.25, 0.3) is 0 Å². The van der Waals surface area contributed by atoms with Crippen LogP contribution in [0, 0.1) is 0 Å². The summed E-state index contributed by atoms with van der Waals surface area (Å²) in [5, 5.41) is 34.4. The summed E-state index contributed by atoms with van der Waals surface area (Å²) < 4.78 is 11.0. The van der Waals surface area contributed by atoms with E-state index in [-0.39, 0.29) is 26.4 Å². The molecule has 0 fully saturated rings. The van der Waals surface area contributed by atoms with E-state index in [9.17, 15) is 0 Å². The first-order valence-electron chi connectivity index (χ1n) is 8.07. The fourth-order valence-electron chi connectivity index (χ4n) is 2.31. The molecule has 26 heavy (non-hydrogen) atoms. The number of aromatic nitrogens is 4. The quantitative estimate of drug-likeness (QED) is 0.623. The lowest BCUT2D eigenvalue weighted by Gasteiger charge is -2.10. The van der Waals surface area contributed by atoms with Crippen LogP contribution in [0.5, 0.6) is 11.5 Å². The summed E-state index contributed by atoms with van der Waals surface area (Å²) in [5.74, 6) is 1.72. The maximum Gasteiger partial charge on any atom is 0.207 e. The largest absolute Gasteiger partial charge is 0.490 e. The summed E-state index contributed by atoms with van der Waals surface area (Å²) in [6, 6.07) is 14.4. The molecule has 8 heteroatoms. The van der Waals surface area contributed by atoms with E-state index < -0.39 is 0 Å². The molecule has 0 atom stereocenters. The second-order valence-electron chi connectivity index (χ2n) is 5.18. The van der Waals surface area contributed by atoms with E-state index in [0.717, 1.165) is 0 Å². The minimum absolute atomic E-state index is 0.0880. The molecule has 0 amide bonds. The Bertz CT molecular complexity index is 772. The smallest absolute Gasteiger partial charge is 0.207 e. The molecular weight excluding hydrogens is 336 g/mol. The first kappa shape index (κ1) is 17.7. The Balaban J connectivity index is 1.89. The summed E-state index contributed by atoms with van der Waals surface area (Å²) in [4.78, 5) is 0. The lowest BCUT2D eigenvalue weighted by atomic mass is 10.2. The average molecular weight is 354 g/mol. The second kappa shape index (κ2) is 8.84. The van der Waals surface area contributed by atoms with Crippen molar-refractivity contribution in [1.82, 2.24) is 20.4 Å². The maximum absolute atomic E-state index is 8.93. The molecule has 1 heterocycles. The Labute approximate surface area is 150 Å². The number of rotatable bonds is 8. The molecule has 134 valence electrons. The molecule has 2 N–H and O–H groups in total. The van der Waals surface area contributed by atoms with Gasteiger partial charge >= 0.3 is 0 Å². The maximum atomic E-state index is 8.93. The fraction of sp³-hybridized carbons (Fsp3) is 0.222. The predicted octanol–water partition coefficient (Wildman–Crippen LogP) is 1.34. The Morgan fingerprint density at radius 2 is 1.00 bits per heavy atom. The van der Waals surface area contributed by atoms with Crippen molar-refractivity contribution in [2.45, 2.75) is 0 Å². The first-order chi connectivity index (χ1) is 12.8. The van der Waals surface area contributed by atoms with Crippen molar-refractivity contribution in [3.8, 4) is 34.3 Å². The number of aliphatic hydroxyl groups is 2. The van der Waals surface area contributed by atoms with Crippen molar-refractivity contribution >= 4 is 0 Å². The number of aliphatic hydroxyl groups excluding tert-OH is 2. The van der Waals surface area contributed by atoms with E-state index in [4.69, 9.17) is 19.7 Å². The summed E-state index contributed by atoms with van der Waals surface area (Å²) in [6.07, 6.45) is 0. The highest BCUT2D eigenvalue weighted by molar-refractivity contribution is 5.65. The average Bonchev–Trinajstić information content (AvgIpc) is 2.71. The third-order valence-corrected chi connectivity index (χ3v) is 3.43. The highest BCUT2D eigenvalue weighted by atomic mass is 16.5. The summed E-state index contributed by atoms with van der Waals surface area (Å²) >= 11 is 0. The molecular formula is C18H18N4O4. The zero-order valence-electron chi connectivity index (χ0n) is 13.9. The molecule has 3 aromatic rings. The lowest BCUT2D eigenvalue weighted by Crippen LogP contribution is -2.06. The van der Waals surface area contributed by atoms with Gasteiger partial charge in [0.1, 0.15) is 24.7 Å². The number of ether oxygens (including phenoxy) is 2. The van der Waals surface area contributed by atoms with Gasteiger partial charge in [-0.3, -0.25) is 0 Å². The van der Waals surface area contributed by atoms with Gasteiger partial charge in [-0.25, -0.2) is 0 Å². The Morgan fingerprint density at radius 1 is 0.615 bits per heavy atom. The number of benzene rings is 2. The van der Waals surface area contributed by atoms with Gasteiger partial charge in [-0.1, -0.05) is 24.3 Å². The SMILES string of the molecule is OCCOc1ccccc1-c1nnc(-c2ccccc2OCCO)nn1. The standard InChI is InChI=1S/C18H18N4O4/c23-9-11-25-15-7-3-1-5-13(15)17-19-21-18(22-20-17)14-6-2-4-8-16(14)26-12-10-24/h1-8,23-24H,9-12H2. The van der Waals surface area contributed by atoms with Crippen molar-refractivity contribution in [1.29, 1.82) is 0 Å². The molecule has 0 spiro atoms. The molecule has 8 nitrogen and oxygen atoms in total. The van der Waals surface area contributed by atoms with Gasteiger partial charge in [0.2, 0.25) is 11.6 Å². The van der Waals surface area contributed by atoms with Crippen LogP contribution < -0.4 is 9.47 Å². The first-order valence-corrected chi connectivity index (χ1v) is 8.07. The number of nitrogens with zero attached hydrogens (tertiary/aromatic N) is 4. The molecule has 0 aliphatic heterocycles. The van der Waals surface area contributed by atoms with Gasteiger partial charge in [-0.2, -0.15) is 0 Å². The molecule has 2 aromatic carbocycles. The van der Waals surface area contributed by atoms with Crippen LogP contribution in [0.4, 0.5) is 0 Å². The molecule has 0 radical (unpaired) electrons. The number of hydrogen-bond donors (Lipinski definition) is 2. The van der Waals surface area contributed by atoms with Crippen molar-refractivity contribution in [3.05, 3.63) is 48.5 Å².